The van der Waals surface area contributed by atoms with Gasteiger partial charge in [0.1, 0.15) is 0 Å². The number of aliphatic hydroxyl groups is 1. The van der Waals surface area contributed by atoms with Gasteiger partial charge < -0.3 is 14.9 Å². The van der Waals surface area contributed by atoms with E-state index in [4.69, 9.17) is 0 Å². The largest absolute Gasteiger partial charge is 0.390 e. The van der Waals surface area contributed by atoms with E-state index in [1.54, 1.807) is 4.90 Å². The highest BCUT2D eigenvalue weighted by atomic mass is 16.3. The van der Waals surface area contributed by atoms with E-state index in [2.05, 4.69) is 4.90 Å². The summed E-state index contributed by atoms with van der Waals surface area (Å²) in [6, 6.07) is 7.68. The summed E-state index contributed by atoms with van der Waals surface area (Å²) in [5.41, 5.74) is 1.20. The number of benzene rings is 1. The second-order valence-electron chi connectivity index (χ2n) is 6.54. The van der Waals surface area contributed by atoms with Crippen LogP contribution in [0.2, 0.25) is 0 Å². The number of carbonyl (C=O) groups excluding carboxylic acids is 1. The first-order valence-corrected chi connectivity index (χ1v) is 7.40. The number of rotatable bonds is 7. The molecule has 0 fully saturated rings. The predicted octanol–water partition coefficient (Wildman–Crippen LogP) is 2.02. The van der Waals surface area contributed by atoms with E-state index >= 15 is 0 Å². The molecule has 0 spiro atoms. The van der Waals surface area contributed by atoms with Gasteiger partial charge in [0.25, 0.3) is 5.91 Å². The summed E-state index contributed by atoms with van der Waals surface area (Å²) in [7, 11) is 5.82. The topological polar surface area (TPSA) is 43.8 Å². The van der Waals surface area contributed by atoms with E-state index < -0.39 is 5.60 Å². The highest BCUT2D eigenvalue weighted by Gasteiger charge is 2.14. The van der Waals surface area contributed by atoms with Crippen molar-refractivity contribution in [3.63, 3.8) is 0 Å². The van der Waals surface area contributed by atoms with Crippen molar-refractivity contribution in [2.24, 2.45) is 0 Å². The zero-order chi connectivity index (χ0) is 16.0. The molecule has 0 bridgehead atoms. The lowest BCUT2D eigenvalue weighted by atomic mass is 9.98. The smallest absolute Gasteiger partial charge is 0.253 e. The second kappa shape index (κ2) is 7.57. The maximum absolute atomic E-state index is 12.3. The number of carbonyl (C=O) groups is 1. The van der Waals surface area contributed by atoms with E-state index in [9.17, 15) is 9.90 Å². The molecular weight excluding hydrogens is 264 g/mol. The second-order valence-corrected chi connectivity index (χ2v) is 6.54. The van der Waals surface area contributed by atoms with Gasteiger partial charge in [0.15, 0.2) is 0 Å². The molecule has 1 N–H and O–H groups in total. The van der Waals surface area contributed by atoms with Crippen molar-refractivity contribution >= 4 is 5.91 Å². The highest BCUT2D eigenvalue weighted by Crippen LogP contribution is 2.14. The number of hydrogen-bond donors (Lipinski definition) is 1. The van der Waals surface area contributed by atoms with Crippen molar-refractivity contribution in [1.29, 1.82) is 0 Å². The number of aryl methyl sites for hydroxylation is 1. The molecule has 1 aromatic carbocycles. The molecule has 0 aliphatic carbocycles. The first-order chi connectivity index (χ1) is 9.69. The molecule has 0 aromatic heterocycles. The third kappa shape index (κ3) is 6.74. The average molecular weight is 292 g/mol. The minimum atomic E-state index is -0.652. The lowest BCUT2D eigenvalue weighted by Gasteiger charge is -2.20. The zero-order valence-electron chi connectivity index (χ0n) is 13.9. The molecule has 4 nitrogen and oxygen atoms in total. The van der Waals surface area contributed by atoms with Crippen molar-refractivity contribution < 1.29 is 9.90 Å². The Hall–Kier alpha value is -1.39. The summed E-state index contributed by atoms with van der Waals surface area (Å²) in [5, 5.41) is 9.73. The number of amides is 1. The van der Waals surface area contributed by atoms with Crippen molar-refractivity contribution in [3.05, 3.63) is 35.4 Å². The van der Waals surface area contributed by atoms with E-state index in [0.717, 1.165) is 18.5 Å². The van der Waals surface area contributed by atoms with Crippen molar-refractivity contribution in [1.82, 2.24) is 9.80 Å². The summed E-state index contributed by atoms with van der Waals surface area (Å²) < 4.78 is 0. The van der Waals surface area contributed by atoms with Gasteiger partial charge in [0, 0.05) is 25.7 Å². The van der Waals surface area contributed by atoms with Gasteiger partial charge >= 0.3 is 0 Å². The fraction of sp³-hybridized carbons (Fsp3) is 0.588. The molecule has 1 amide bonds. The van der Waals surface area contributed by atoms with Gasteiger partial charge in [-0.2, -0.15) is 0 Å². The van der Waals surface area contributed by atoms with Crippen LogP contribution in [-0.2, 0) is 6.42 Å². The van der Waals surface area contributed by atoms with Crippen LogP contribution in [-0.4, -0.2) is 60.6 Å². The molecule has 0 heterocycles. The fourth-order valence-corrected chi connectivity index (χ4v) is 1.94. The molecule has 0 radical (unpaired) electrons. The van der Waals surface area contributed by atoms with Crippen LogP contribution in [0.4, 0.5) is 0 Å². The monoisotopic (exact) mass is 292 g/mol. The summed E-state index contributed by atoms with van der Waals surface area (Å²) in [4.78, 5) is 16.1. The highest BCUT2D eigenvalue weighted by molar-refractivity contribution is 5.94. The lowest BCUT2D eigenvalue weighted by molar-refractivity contribution is 0.0713. The summed E-state index contributed by atoms with van der Waals surface area (Å²) in [5.74, 6) is 0.0471. The van der Waals surface area contributed by atoms with Crippen LogP contribution in [0.3, 0.4) is 0 Å². The van der Waals surface area contributed by atoms with Crippen LogP contribution in [0.5, 0.6) is 0 Å². The van der Waals surface area contributed by atoms with Crippen LogP contribution in [0.25, 0.3) is 0 Å². The molecular formula is C17H28N2O2. The molecule has 1 rings (SSSR count). The standard InChI is InChI=1S/C17H28N2O2/c1-17(2,21)11-10-14-6-8-15(9-7-14)16(20)19(5)13-12-18(3)4/h6-9,21H,10-13H2,1-5H3. The van der Waals surface area contributed by atoms with Gasteiger partial charge in [-0.1, -0.05) is 12.1 Å². The first kappa shape index (κ1) is 17.7. The Kier molecular flexibility index (Phi) is 6.37. The Morgan fingerprint density at radius 3 is 2.14 bits per heavy atom. The molecule has 21 heavy (non-hydrogen) atoms. The molecule has 0 unspecified atom stereocenters. The van der Waals surface area contributed by atoms with Gasteiger partial charge in [-0.15, -0.1) is 0 Å². The minimum absolute atomic E-state index is 0.0471. The summed E-state index contributed by atoms with van der Waals surface area (Å²) in [6.45, 7) is 5.19. The van der Waals surface area contributed by atoms with Crippen LogP contribution in [0.1, 0.15) is 36.2 Å². The van der Waals surface area contributed by atoms with E-state index in [1.165, 1.54) is 0 Å². The van der Waals surface area contributed by atoms with E-state index in [1.807, 2.05) is 59.3 Å². The SMILES string of the molecule is CN(C)CCN(C)C(=O)c1ccc(CCC(C)(C)O)cc1. The Bertz CT molecular complexity index is 447. The third-order valence-corrected chi connectivity index (χ3v) is 3.46. The van der Waals surface area contributed by atoms with Gasteiger partial charge in [-0.25, -0.2) is 0 Å². The Balaban J connectivity index is 2.58. The Morgan fingerprint density at radius 1 is 1.10 bits per heavy atom. The number of nitrogens with zero attached hydrogens (tertiary/aromatic N) is 2. The van der Waals surface area contributed by atoms with Crippen LogP contribution in [0.15, 0.2) is 24.3 Å². The van der Waals surface area contributed by atoms with Gasteiger partial charge in [0.2, 0.25) is 0 Å². The maximum Gasteiger partial charge on any atom is 0.253 e. The first-order valence-electron chi connectivity index (χ1n) is 7.40. The van der Waals surface area contributed by atoms with Gasteiger partial charge in [-0.3, -0.25) is 4.79 Å². The van der Waals surface area contributed by atoms with Crippen molar-refractivity contribution in [2.45, 2.75) is 32.3 Å². The molecule has 0 saturated heterocycles. The molecule has 1 aromatic rings. The zero-order valence-corrected chi connectivity index (χ0v) is 13.9. The lowest BCUT2D eigenvalue weighted by Crippen LogP contribution is -2.33. The Labute approximate surface area is 128 Å². The molecule has 4 heteroatoms. The van der Waals surface area contributed by atoms with Crippen LogP contribution in [0, 0.1) is 0 Å². The van der Waals surface area contributed by atoms with Gasteiger partial charge in [0.05, 0.1) is 5.60 Å². The molecule has 118 valence electrons. The Morgan fingerprint density at radius 2 is 1.67 bits per heavy atom. The summed E-state index contributed by atoms with van der Waals surface area (Å²) >= 11 is 0. The van der Waals surface area contributed by atoms with E-state index in [0.29, 0.717) is 18.5 Å². The number of hydrogen-bond acceptors (Lipinski definition) is 3. The molecule has 0 aliphatic rings. The predicted molar refractivity (Wildman–Crippen MR) is 86.6 cm³/mol. The maximum atomic E-state index is 12.3. The molecule has 0 aliphatic heterocycles. The van der Waals surface area contributed by atoms with E-state index in [-0.39, 0.29) is 5.91 Å². The molecule has 0 saturated carbocycles. The van der Waals surface area contributed by atoms with Crippen LogP contribution >= 0.6 is 0 Å². The summed E-state index contributed by atoms with van der Waals surface area (Å²) in [6.07, 6.45) is 1.53. The van der Waals surface area contributed by atoms with Crippen LogP contribution < -0.4 is 0 Å². The number of likely N-dealkylation sites (N-methyl/N-ethyl adjacent to an activating group) is 2. The minimum Gasteiger partial charge on any atom is -0.390 e. The van der Waals surface area contributed by atoms with Gasteiger partial charge in [-0.05, 0) is 58.5 Å². The average Bonchev–Trinajstić information content (AvgIpc) is 2.41. The van der Waals surface area contributed by atoms with Crippen molar-refractivity contribution in [2.75, 3.05) is 34.2 Å². The molecule has 0 atom stereocenters. The third-order valence-electron chi connectivity index (χ3n) is 3.46. The quantitative estimate of drug-likeness (QED) is 0.836. The van der Waals surface area contributed by atoms with Crippen molar-refractivity contribution in [3.8, 4) is 0 Å². The normalized spacial score (nSPS) is 11.8. The fourth-order valence-electron chi connectivity index (χ4n) is 1.94.